The van der Waals surface area contributed by atoms with Crippen molar-refractivity contribution < 1.29 is 14.7 Å². The first-order valence-electron chi connectivity index (χ1n) is 6.96. The molecule has 0 saturated heterocycles. The molecule has 0 saturated carbocycles. The molecule has 0 aliphatic heterocycles. The maximum absolute atomic E-state index is 12.2. The molecule has 0 atom stereocenters. The van der Waals surface area contributed by atoms with Crippen LogP contribution in [0.2, 0.25) is 0 Å². The third-order valence-corrected chi connectivity index (χ3v) is 3.49. The minimum Gasteiger partial charge on any atom is -0.478 e. The van der Waals surface area contributed by atoms with Gasteiger partial charge in [-0.1, -0.05) is 12.1 Å². The third kappa shape index (κ3) is 3.03. The molecule has 0 aliphatic rings. The monoisotopic (exact) mass is 310 g/mol. The topological polar surface area (TPSA) is 96.6 Å². The van der Waals surface area contributed by atoms with Gasteiger partial charge in [-0.3, -0.25) is 9.20 Å². The van der Waals surface area contributed by atoms with Gasteiger partial charge < -0.3 is 10.4 Å². The van der Waals surface area contributed by atoms with Crippen LogP contribution in [-0.2, 0) is 6.54 Å². The van der Waals surface area contributed by atoms with Crippen LogP contribution in [0.25, 0.3) is 5.65 Å². The van der Waals surface area contributed by atoms with E-state index in [0.717, 1.165) is 5.56 Å². The van der Waals surface area contributed by atoms with Crippen LogP contribution >= 0.6 is 0 Å². The van der Waals surface area contributed by atoms with E-state index < -0.39 is 5.97 Å². The molecule has 0 bridgehead atoms. The largest absolute Gasteiger partial charge is 0.478 e. The van der Waals surface area contributed by atoms with Gasteiger partial charge in [-0.25, -0.2) is 4.79 Å². The number of hydrogen-bond donors (Lipinski definition) is 2. The van der Waals surface area contributed by atoms with Crippen molar-refractivity contribution in [1.29, 1.82) is 0 Å². The number of fused-ring (bicyclic) bond motifs is 1. The lowest BCUT2D eigenvalue weighted by atomic mass is 10.1. The Hall–Kier alpha value is -3.22. The van der Waals surface area contributed by atoms with Gasteiger partial charge in [-0.05, 0) is 36.8 Å². The SMILES string of the molecule is Cc1nnc2ccc(C(=O)NCc3ccc(C(=O)O)cc3)cn12. The van der Waals surface area contributed by atoms with E-state index in [-0.39, 0.29) is 11.5 Å². The molecule has 3 rings (SSSR count). The lowest BCUT2D eigenvalue weighted by Gasteiger charge is -2.06. The minimum absolute atomic E-state index is 0.216. The van der Waals surface area contributed by atoms with Crippen molar-refractivity contribution in [2.45, 2.75) is 13.5 Å². The lowest BCUT2D eigenvalue weighted by molar-refractivity contribution is 0.0696. The van der Waals surface area contributed by atoms with Gasteiger partial charge in [0.25, 0.3) is 5.91 Å². The van der Waals surface area contributed by atoms with Gasteiger partial charge in [0, 0.05) is 12.7 Å². The van der Waals surface area contributed by atoms with Crippen LogP contribution in [0.15, 0.2) is 42.6 Å². The van der Waals surface area contributed by atoms with Gasteiger partial charge in [-0.2, -0.15) is 0 Å². The Balaban J connectivity index is 1.70. The molecule has 7 nitrogen and oxygen atoms in total. The maximum atomic E-state index is 12.2. The first-order chi connectivity index (χ1) is 11.0. The maximum Gasteiger partial charge on any atom is 0.335 e. The Morgan fingerprint density at radius 3 is 2.48 bits per heavy atom. The van der Waals surface area contributed by atoms with E-state index >= 15 is 0 Å². The summed E-state index contributed by atoms with van der Waals surface area (Å²) >= 11 is 0. The zero-order chi connectivity index (χ0) is 16.4. The van der Waals surface area contributed by atoms with E-state index in [9.17, 15) is 9.59 Å². The van der Waals surface area contributed by atoms with Crippen molar-refractivity contribution in [2.75, 3.05) is 0 Å². The molecule has 23 heavy (non-hydrogen) atoms. The minimum atomic E-state index is -0.974. The molecule has 2 heterocycles. The number of hydrogen-bond acceptors (Lipinski definition) is 4. The highest BCUT2D eigenvalue weighted by atomic mass is 16.4. The molecule has 116 valence electrons. The molecular weight excluding hydrogens is 296 g/mol. The average molecular weight is 310 g/mol. The second-order valence-electron chi connectivity index (χ2n) is 5.08. The van der Waals surface area contributed by atoms with Crippen molar-refractivity contribution in [3.8, 4) is 0 Å². The standard InChI is InChI=1S/C16H14N4O3/c1-10-18-19-14-7-6-13(9-20(10)14)15(21)17-8-11-2-4-12(5-3-11)16(22)23/h2-7,9H,8H2,1H3,(H,17,21)(H,22,23). The highest BCUT2D eigenvalue weighted by Gasteiger charge is 2.09. The van der Waals surface area contributed by atoms with Crippen LogP contribution in [0.4, 0.5) is 0 Å². The molecule has 0 fully saturated rings. The summed E-state index contributed by atoms with van der Waals surface area (Å²) in [7, 11) is 0. The van der Waals surface area contributed by atoms with Gasteiger partial charge in [0.1, 0.15) is 5.82 Å². The van der Waals surface area contributed by atoms with Gasteiger partial charge in [0.15, 0.2) is 5.65 Å². The number of aromatic nitrogens is 3. The summed E-state index contributed by atoms with van der Waals surface area (Å²) in [4.78, 5) is 23.0. The summed E-state index contributed by atoms with van der Waals surface area (Å²) in [6, 6.07) is 9.80. The Morgan fingerprint density at radius 1 is 1.09 bits per heavy atom. The fourth-order valence-corrected chi connectivity index (χ4v) is 2.19. The Kier molecular flexibility index (Phi) is 3.76. The van der Waals surface area contributed by atoms with E-state index in [1.54, 1.807) is 34.9 Å². The fourth-order valence-electron chi connectivity index (χ4n) is 2.19. The molecule has 0 aliphatic carbocycles. The number of carboxylic acids is 1. The summed E-state index contributed by atoms with van der Waals surface area (Å²) in [5, 5.41) is 19.6. The average Bonchev–Trinajstić information content (AvgIpc) is 2.93. The van der Waals surface area contributed by atoms with Gasteiger partial charge in [0.2, 0.25) is 0 Å². The summed E-state index contributed by atoms with van der Waals surface area (Å²) in [5.41, 5.74) is 2.23. The zero-order valence-corrected chi connectivity index (χ0v) is 12.4. The Morgan fingerprint density at radius 2 is 1.78 bits per heavy atom. The molecule has 3 aromatic rings. The van der Waals surface area contributed by atoms with Crippen LogP contribution in [0.3, 0.4) is 0 Å². The summed E-state index contributed by atoms with van der Waals surface area (Å²) < 4.78 is 1.75. The molecule has 1 amide bonds. The second kappa shape index (κ2) is 5.88. The number of amides is 1. The molecular formula is C16H14N4O3. The zero-order valence-electron chi connectivity index (χ0n) is 12.4. The number of aromatic carboxylic acids is 1. The van der Waals surface area contributed by atoms with E-state index in [1.807, 2.05) is 6.92 Å². The molecule has 0 spiro atoms. The molecule has 2 N–H and O–H groups in total. The highest BCUT2D eigenvalue weighted by Crippen LogP contribution is 2.08. The normalized spacial score (nSPS) is 10.7. The van der Waals surface area contributed by atoms with Crippen LogP contribution in [-0.4, -0.2) is 31.6 Å². The summed E-state index contributed by atoms with van der Waals surface area (Å²) in [6.07, 6.45) is 1.69. The van der Waals surface area contributed by atoms with E-state index in [4.69, 9.17) is 5.11 Å². The number of nitrogens with zero attached hydrogens (tertiary/aromatic N) is 3. The van der Waals surface area contributed by atoms with Crippen molar-refractivity contribution in [2.24, 2.45) is 0 Å². The summed E-state index contributed by atoms with van der Waals surface area (Å²) in [5.74, 6) is -0.487. The molecule has 0 radical (unpaired) electrons. The number of carbonyl (C=O) groups is 2. The lowest BCUT2D eigenvalue weighted by Crippen LogP contribution is -2.23. The number of carbonyl (C=O) groups excluding carboxylic acids is 1. The third-order valence-electron chi connectivity index (χ3n) is 3.49. The van der Waals surface area contributed by atoms with Crippen molar-refractivity contribution in [3.63, 3.8) is 0 Å². The van der Waals surface area contributed by atoms with Crippen LogP contribution < -0.4 is 5.32 Å². The molecule has 2 aromatic heterocycles. The first-order valence-corrected chi connectivity index (χ1v) is 6.96. The Labute approximate surface area is 131 Å². The summed E-state index contributed by atoms with van der Waals surface area (Å²) in [6.45, 7) is 2.13. The number of pyridine rings is 1. The number of benzene rings is 1. The van der Waals surface area contributed by atoms with E-state index in [1.165, 1.54) is 12.1 Å². The Bertz CT molecular complexity index is 884. The van der Waals surface area contributed by atoms with Crippen molar-refractivity contribution in [1.82, 2.24) is 19.9 Å². The second-order valence-corrected chi connectivity index (χ2v) is 5.08. The number of rotatable bonds is 4. The number of carboxylic acid groups (broad SMARTS) is 1. The van der Waals surface area contributed by atoms with Gasteiger partial charge >= 0.3 is 5.97 Å². The van der Waals surface area contributed by atoms with E-state index in [2.05, 4.69) is 15.5 Å². The van der Waals surface area contributed by atoms with Crippen LogP contribution in [0, 0.1) is 6.92 Å². The van der Waals surface area contributed by atoms with Crippen molar-refractivity contribution >= 4 is 17.5 Å². The quantitative estimate of drug-likeness (QED) is 0.764. The molecule has 0 unspecified atom stereocenters. The smallest absolute Gasteiger partial charge is 0.335 e. The highest BCUT2D eigenvalue weighted by molar-refractivity contribution is 5.94. The predicted octanol–water partition coefficient (Wildman–Crippen LogP) is 1.67. The van der Waals surface area contributed by atoms with E-state index in [0.29, 0.717) is 23.6 Å². The number of aryl methyl sites for hydroxylation is 1. The number of nitrogens with one attached hydrogen (secondary N) is 1. The molecule has 1 aromatic carbocycles. The molecule has 7 heteroatoms. The first kappa shape index (κ1) is 14.7. The van der Waals surface area contributed by atoms with Crippen LogP contribution in [0.1, 0.15) is 32.1 Å². The van der Waals surface area contributed by atoms with Gasteiger partial charge in [-0.15, -0.1) is 10.2 Å². The predicted molar refractivity (Wildman–Crippen MR) is 82.3 cm³/mol. The van der Waals surface area contributed by atoms with Gasteiger partial charge in [0.05, 0.1) is 11.1 Å². The van der Waals surface area contributed by atoms with Crippen LogP contribution in [0.5, 0.6) is 0 Å². The van der Waals surface area contributed by atoms with Crippen molar-refractivity contribution in [3.05, 3.63) is 65.1 Å². The fraction of sp³-hybridized carbons (Fsp3) is 0.125.